The fraction of sp³-hybridized carbons (Fsp3) is 0.250. The SMILES string of the molecule is COc1ccc(/N=N/c2ccc(OC)c(OC)c2OC)c(F)c1. The van der Waals surface area contributed by atoms with Gasteiger partial charge in [0.05, 0.1) is 28.4 Å². The quantitative estimate of drug-likeness (QED) is 0.745. The van der Waals surface area contributed by atoms with Gasteiger partial charge in [-0.2, -0.15) is 0 Å². The smallest absolute Gasteiger partial charge is 0.205 e. The molecule has 0 atom stereocenters. The van der Waals surface area contributed by atoms with Gasteiger partial charge < -0.3 is 18.9 Å². The maximum absolute atomic E-state index is 13.9. The van der Waals surface area contributed by atoms with Crippen molar-refractivity contribution in [2.75, 3.05) is 28.4 Å². The Bertz CT molecular complexity index is 719. The second kappa shape index (κ2) is 7.44. The van der Waals surface area contributed by atoms with Gasteiger partial charge >= 0.3 is 0 Å². The number of nitrogens with zero attached hydrogens (tertiary/aromatic N) is 2. The number of rotatable bonds is 6. The molecule has 0 N–H and O–H groups in total. The van der Waals surface area contributed by atoms with E-state index in [1.54, 1.807) is 18.2 Å². The van der Waals surface area contributed by atoms with E-state index in [1.807, 2.05) is 0 Å². The number of methoxy groups -OCH3 is 4. The molecule has 0 aliphatic carbocycles. The average Bonchev–Trinajstić information content (AvgIpc) is 2.59. The molecule has 0 aromatic heterocycles. The zero-order chi connectivity index (χ0) is 16.8. The number of hydrogen-bond acceptors (Lipinski definition) is 6. The molecule has 2 aromatic rings. The minimum atomic E-state index is -0.535. The summed E-state index contributed by atoms with van der Waals surface area (Å²) in [5.41, 5.74) is 0.475. The molecule has 122 valence electrons. The van der Waals surface area contributed by atoms with Crippen LogP contribution in [0.3, 0.4) is 0 Å². The van der Waals surface area contributed by atoms with Crippen molar-refractivity contribution in [3.63, 3.8) is 0 Å². The molecule has 0 saturated carbocycles. The van der Waals surface area contributed by atoms with Crippen LogP contribution in [-0.2, 0) is 0 Å². The Morgan fingerprint density at radius 2 is 1.39 bits per heavy atom. The average molecular weight is 320 g/mol. The molecule has 0 bridgehead atoms. The van der Waals surface area contributed by atoms with Crippen LogP contribution in [0.15, 0.2) is 40.6 Å². The first-order valence-electron chi connectivity index (χ1n) is 6.68. The van der Waals surface area contributed by atoms with Crippen LogP contribution in [0.25, 0.3) is 0 Å². The minimum Gasteiger partial charge on any atom is -0.497 e. The van der Waals surface area contributed by atoms with Crippen molar-refractivity contribution in [3.05, 3.63) is 36.1 Å². The number of hydrogen-bond donors (Lipinski definition) is 0. The molecular formula is C16H17FN2O4. The molecule has 6 nitrogen and oxygen atoms in total. The summed E-state index contributed by atoms with van der Waals surface area (Å²) in [5, 5.41) is 7.94. The molecule has 0 spiro atoms. The standard InChI is InChI=1S/C16H17FN2O4/c1-20-10-5-6-12(11(17)9-10)18-19-13-7-8-14(21-2)16(23-4)15(13)22-3/h5-9H,1-4H3/b19-18+. The Labute approximate surface area is 133 Å². The van der Waals surface area contributed by atoms with E-state index in [0.29, 0.717) is 28.7 Å². The number of ether oxygens (including phenoxy) is 4. The first-order chi connectivity index (χ1) is 11.1. The Morgan fingerprint density at radius 1 is 0.739 bits per heavy atom. The second-order valence-electron chi connectivity index (χ2n) is 4.37. The molecule has 2 rings (SSSR count). The number of azo groups is 1. The summed E-state index contributed by atoms with van der Waals surface area (Å²) in [6, 6.07) is 7.62. The van der Waals surface area contributed by atoms with Gasteiger partial charge in [0.2, 0.25) is 5.75 Å². The van der Waals surface area contributed by atoms with Crippen molar-refractivity contribution in [3.8, 4) is 23.0 Å². The van der Waals surface area contributed by atoms with E-state index in [1.165, 1.54) is 40.6 Å². The van der Waals surface area contributed by atoms with Crippen LogP contribution in [0.4, 0.5) is 15.8 Å². The second-order valence-corrected chi connectivity index (χ2v) is 4.37. The molecule has 0 radical (unpaired) electrons. The van der Waals surface area contributed by atoms with E-state index in [0.717, 1.165) is 0 Å². The molecule has 0 heterocycles. The Morgan fingerprint density at radius 3 is 1.96 bits per heavy atom. The summed E-state index contributed by atoms with van der Waals surface area (Å²) in [6.45, 7) is 0. The lowest BCUT2D eigenvalue weighted by atomic mass is 10.2. The maximum Gasteiger partial charge on any atom is 0.205 e. The Kier molecular flexibility index (Phi) is 5.35. The van der Waals surface area contributed by atoms with Crippen molar-refractivity contribution in [1.29, 1.82) is 0 Å². The highest BCUT2D eigenvalue weighted by Gasteiger charge is 2.15. The summed E-state index contributed by atoms with van der Waals surface area (Å²) in [6.07, 6.45) is 0. The van der Waals surface area contributed by atoms with Crippen LogP contribution in [0, 0.1) is 5.82 Å². The zero-order valence-corrected chi connectivity index (χ0v) is 13.3. The summed E-state index contributed by atoms with van der Waals surface area (Å²) >= 11 is 0. The van der Waals surface area contributed by atoms with Crippen LogP contribution in [0.5, 0.6) is 23.0 Å². The van der Waals surface area contributed by atoms with Gasteiger partial charge in [-0.3, -0.25) is 0 Å². The zero-order valence-electron chi connectivity index (χ0n) is 13.3. The van der Waals surface area contributed by atoms with E-state index in [-0.39, 0.29) is 5.69 Å². The van der Waals surface area contributed by atoms with Gasteiger partial charge in [-0.1, -0.05) is 0 Å². The van der Waals surface area contributed by atoms with Gasteiger partial charge in [-0.05, 0) is 24.3 Å². The molecule has 0 aliphatic rings. The van der Waals surface area contributed by atoms with Crippen LogP contribution in [0.2, 0.25) is 0 Å². The molecule has 0 aliphatic heterocycles. The van der Waals surface area contributed by atoms with Crippen LogP contribution in [-0.4, -0.2) is 28.4 Å². The van der Waals surface area contributed by atoms with Crippen LogP contribution in [0.1, 0.15) is 0 Å². The normalized spacial score (nSPS) is 10.7. The number of benzene rings is 2. The van der Waals surface area contributed by atoms with E-state index in [2.05, 4.69) is 10.2 Å². The van der Waals surface area contributed by atoms with E-state index in [4.69, 9.17) is 18.9 Å². The highest BCUT2D eigenvalue weighted by Crippen LogP contribution is 2.44. The molecule has 0 saturated heterocycles. The lowest BCUT2D eigenvalue weighted by molar-refractivity contribution is 0.325. The molecule has 0 fully saturated rings. The molecule has 23 heavy (non-hydrogen) atoms. The topological polar surface area (TPSA) is 61.6 Å². The number of halogens is 1. The lowest BCUT2D eigenvalue weighted by Crippen LogP contribution is -1.94. The van der Waals surface area contributed by atoms with E-state index in [9.17, 15) is 4.39 Å². The third kappa shape index (κ3) is 3.50. The first-order valence-corrected chi connectivity index (χ1v) is 6.68. The highest BCUT2D eigenvalue weighted by atomic mass is 19.1. The van der Waals surface area contributed by atoms with Gasteiger partial charge in [0.1, 0.15) is 17.1 Å². The summed E-state index contributed by atoms with van der Waals surface area (Å²) in [4.78, 5) is 0. The Hall–Kier alpha value is -2.83. The third-order valence-electron chi connectivity index (χ3n) is 3.10. The van der Waals surface area contributed by atoms with Crippen molar-refractivity contribution in [1.82, 2.24) is 0 Å². The fourth-order valence-corrected chi connectivity index (χ4v) is 1.97. The Balaban J connectivity index is 2.39. The summed E-state index contributed by atoms with van der Waals surface area (Å²) < 4.78 is 34.6. The van der Waals surface area contributed by atoms with Gasteiger partial charge in [0, 0.05) is 6.07 Å². The van der Waals surface area contributed by atoms with Gasteiger partial charge in [0.25, 0.3) is 0 Å². The highest BCUT2D eigenvalue weighted by molar-refractivity contribution is 5.65. The van der Waals surface area contributed by atoms with Crippen LogP contribution >= 0.6 is 0 Å². The summed E-state index contributed by atoms with van der Waals surface area (Å²) in [7, 11) is 5.95. The molecule has 7 heteroatoms. The summed E-state index contributed by atoms with van der Waals surface area (Å²) in [5.74, 6) is 1.11. The predicted molar refractivity (Wildman–Crippen MR) is 83.2 cm³/mol. The third-order valence-corrected chi connectivity index (χ3v) is 3.10. The fourth-order valence-electron chi connectivity index (χ4n) is 1.97. The molecule has 0 amide bonds. The van der Waals surface area contributed by atoms with E-state index < -0.39 is 5.82 Å². The van der Waals surface area contributed by atoms with Crippen molar-refractivity contribution < 1.29 is 23.3 Å². The van der Waals surface area contributed by atoms with Gasteiger partial charge in [-0.15, -0.1) is 10.2 Å². The monoisotopic (exact) mass is 320 g/mol. The van der Waals surface area contributed by atoms with Crippen molar-refractivity contribution in [2.45, 2.75) is 0 Å². The maximum atomic E-state index is 13.9. The largest absolute Gasteiger partial charge is 0.497 e. The molecule has 2 aromatic carbocycles. The van der Waals surface area contributed by atoms with Gasteiger partial charge in [0.15, 0.2) is 17.3 Å². The van der Waals surface area contributed by atoms with E-state index >= 15 is 0 Å². The minimum absolute atomic E-state index is 0.0858. The molecule has 0 unspecified atom stereocenters. The lowest BCUT2D eigenvalue weighted by Gasteiger charge is -2.13. The van der Waals surface area contributed by atoms with Crippen LogP contribution < -0.4 is 18.9 Å². The van der Waals surface area contributed by atoms with Crippen molar-refractivity contribution in [2.24, 2.45) is 10.2 Å². The van der Waals surface area contributed by atoms with Crippen molar-refractivity contribution >= 4 is 11.4 Å². The first kappa shape index (κ1) is 16.5. The molecular weight excluding hydrogens is 303 g/mol. The predicted octanol–water partition coefficient (Wildman–Crippen LogP) is 4.28. The van der Waals surface area contributed by atoms with Gasteiger partial charge in [-0.25, -0.2) is 4.39 Å².